The number of amides is 3. The molecular formula is C19H29N3O2. The molecule has 3 amide bonds. The Bertz CT molecular complexity index is 585. The maximum absolute atomic E-state index is 12.3. The topological polar surface area (TPSA) is 61.4 Å². The molecule has 0 saturated carbocycles. The zero-order valence-corrected chi connectivity index (χ0v) is 15.2. The first-order valence-corrected chi connectivity index (χ1v) is 8.65. The first-order valence-electron chi connectivity index (χ1n) is 8.65. The van der Waals surface area contributed by atoms with Crippen molar-refractivity contribution in [1.29, 1.82) is 0 Å². The lowest BCUT2D eigenvalue weighted by molar-refractivity contribution is 0.0917. The lowest BCUT2D eigenvalue weighted by Gasteiger charge is -2.33. The second kappa shape index (κ2) is 7.69. The van der Waals surface area contributed by atoms with Gasteiger partial charge in [0.25, 0.3) is 5.91 Å². The van der Waals surface area contributed by atoms with Crippen LogP contribution in [-0.4, -0.2) is 42.5 Å². The average molecular weight is 331 g/mol. The van der Waals surface area contributed by atoms with Gasteiger partial charge in [0.15, 0.2) is 0 Å². The fourth-order valence-electron chi connectivity index (χ4n) is 2.73. The first kappa shape index (κ1) is 18.3. The highest BCUT2D eigenvalue weighted by Crippen LogP contribution is 2.14. The van der Waals surface area contributed by atoms with Crippen LogP contribution in [0.1, 0.15) is 49.5 Å². The van der Waals surface area contributed by atoms with E-state index >= 15 is 0 Å². The summed E-state index contributed by atoms with van der Waals surface area (Å²) < 4.78 is 0. The van der Waals surface area contributed by atoms with Gasteiger partial charge in [-0.3, -0.25) is 4.79 Å². The number of urea groups is 1. The zero-order chi connectivity index (χ0) is 17.7. The molecule has 2 rings (SSSR count). The normalized spacial score (nSPS) is 15.9. The molecule has 1 aliphatic heterocycles. The number of nitrogens with zero attached hydrogens (tertiary/aromatic N) is 1. The van der Waals surface area contributed by atoms with Crippen molar-refractivity contribution in [2.75, 3.05) is 19.6 Å². The van der Waals surface area contributed by atoms with Crippen LogP contribution in [0.25, 0.3) is 0 Å². The van der Waals surface area contributed by atoms with Crippen molar-refractivity contribution < 1.29 is 9.59 Å². The second-order valence-corrected chi connectivity index (χ2v) is 7.82. The highest BCUT2D eigenvalue weighted by Gasteiger charge is 2.24. The third-order valence-electron chi connectivity index (χ3n) is 4.17. The molecule has 132 valence electrons. The van der Waals surface area contributed by atoms with E-state index in [1.165, 1.54) is 0 Å². The number of nitrogens with one attached hydrogen (secondary N) is 2. The second-order valence-electron chi connectivity index (χ2n) is 7.82. The molecule has 24 heavy (non-hydrogen) atoms. The molecule has 1 saturated heterocycles. The molecule has 1 aromatic carbocycles. The Morgan fingerprint density at radius 3 is 2.46 bits per heavy atom. The third-order valence-corrected chi connectivity index (χ3v) is 4.17. The van der Waals surface area contributed by atoms with Gasteiger partial charge in [0.1, 0.15) is 0 Å². The van der Waals surface area contributed by atoms with E-state index in [4.69, 9.17) is 0 Å². The third kappa shape index (κ3) is 5.55. The van der Waals surface area contributed by atoms with Crippen LogP contribution in [0.3, 0.4) is 0 Å². The van der Waals surface area contributed by atoms with Crippen molar-refractivity contribution in [3.63, 3.8) is 0 Å². The number of piperidine rings is 1. The number of carbonyl (C=O) groups excluding carboxylic acids is 2. The Morgan fingerprint density at radius 1 is 1.21 bits per heavy atom. The summed E-state index contributed by atoms with van der Waals surface area (Å²) >= 11 is 0. The van der Waals surface area contributed by atoms with Crippen molar-refractivity contribution in [3.05, 3.63) is 35.4 Å². The summed E-state index contributed by atoms with van der Waals surface area (Å²) in [6.07, 6.45) is 1.58. The molecule has 1 aromatic rings. The molecule has 0 spiro atoms. The van der Waals surface area contributed by atoms with E-state index in [1.54, 1.807) is 0 Å². The first-order chi connectivity index (χ1) is 11.2. The van der Waals surface area contributed by atoms with Crippen LogP contribution in [0.2, 0.25) is 0 Å². The van der Waals surface area contributed by atoms with Crippen LogP contribution in [-0.2, 0) is 0 Å². The maximum Gasteiger partial charge on any atom is 0.317 e. The summed E-state index contributed by atoms with van der Waals surface area (Å²) in [7, 11) is 0. The number of hydrogen-bond donors (Lipinski definition) is 2. The van der Waals surface area contributed by atoms with E-state index < -0.39 is 0 Å². The molecular weight excluding hydrogens is 302 g/mol. The predicted octanol–water partition coefficient (Wildman–Crippen LogP) is 2.94. The SMILES string of the molecule is Cc1cccc(C(=O)NC2CCN(C(=O)NCC(C)(C)C)CC2)c1. The summed E-state index contributed by atoms with van der Waals surface area (Å²) in [5.41, 5.74) is 1.85. The molecule has 0 radical (unpaired) electrons. The van der Waals surface area contributed by atoms with Gasteiger partial charge in [-0.15, -0.1) is 0 Å². The minimum absolute atomic E-state index is 0.00612. The van der Waals surface area contributed by atoms with Gasteiger partial charge in [-0.25, -0.2) is 4.79 Å². The van der Waals surface area contributed by atoms with Crippen LogP contribution in [0.15, 0.2) is 24.3 Å². The maximum atomic E-state index is 12.3. The largest absolute Gasteiger partial charge is 0.349 e. The highest BCUT2D eigenvalue weighted by atomic mass is 16.2. The van der Waals surface area contributed by atoms with Gasteiger partial charge < -0.3 is 15.5 Å². The minimum Gasteiger partial charge on any atom is -0.349 e. The number of hydrogen-bond acceptors (Lipinski definition) is 2. The molecule has 1 heterocycles. The Labute approximate surface area is 144 Å². The van der Waals surface area contributed by atoms with E-state index in [9.17, 15) is 9.59 Å². The molecule has 2 N–H and O–H groups in total. The van der Waals surface area contributed by atoms with E-state index in [2.05, 4.69) is 31.4 Å². The smallest absolute Gasteiger partial charge is 0.317 e. The standard InChI is InChI=1S/C19H29N3O2/c1-14-6-5-7-15(12-14)17(23)21-16-8-10-22(11-9-16)18(24)20-13-19(2,3)4/h5-7,12,16H,8-11,13H2,1-4H3,(H,20,24)(H,21,23). The van der Waals surface area contributed by atoms with Gasteiger partial charge in [0.2, 0.25) is 0 Å². The Morgan fingerprint density at radius 2 is 1.88 bits per heavy atom. The van der Waals surface area contributed by atoms with E-state index in [-0.39, 0.29) is 23.4 Å². The van der Waals surface area contributed by atoms with Crippen molar-refractivity contribution in [2.45, 2.75) is 46.6 Å². The van der Waals surface area contributed by atoms with Crippen LogP contribution in [0, 0.1) is 12.3 Å². The van der Waals surface area contributed by atoms with Crippen LogP contribution < -0.4 is 10.6 Å². The fourth-order valence-corrected chi connectivity index (χ4v) is 2.73. The molecule has 0 aromatic heterocycles. The fraction of sp³-hybridized carbons (Fsp3) is 0.579. The van der Waals surface area contributed by atoms with Crippen molar-refractivity contribution >= 4 is 11.9 Å². The quantitative estimate of drug-likeness (QED) is 0.894. The van der Waals surface area contributed by atoms with E-state index in [0.29, 0.717) is 25.2 Å². The van der Waals surface area contributed by atoms with Crippen LogP contribution in [0.5, 0.6) is 0 Å². The van der Waals surface area contributed by atoms with Crippen molar-refractivity contribution in [2.24, 2.45) is 5.41 Å². The zero-order valence-electron chi connectivity index (χ0n) is 15.2. The molecule has 0 aliphatic carbocycles. The number of carbonyl (C=O) groups is 2. The summed E-state index contributed by atoms with van der Waals surface area (Å²) in [6, 6.07) is 7.72. The molecule has 0 bridgehead atoms. The Kier molecular flexibility index (Phi) is 5.86. The summed E-state index contributed by atoms with van der Waals surface area (Å²) in [6.45, 7) is 10.3. The molecule has 0 unspecified atom stereocenters. The number of likely N-dealkylation sites (tertiary alicyclic amines) is 1. The number of benzene rings is 1. The molecule has 1 aliphatic rings. The van der Waals surface area contributed by atoms with Gasteiger partial charge in [-0.2, -0.15) is 0 Å². The molecule has 0 atom stereocenters. The lowest BCUT2D eigenvalue weighted by Crippen LogP contribution is -2.50. The number of rotatable bonds is 3. The Hall–Kier alpha value is -2.04. The van der Waals surface area contributed by atoms with Gasteiger partial charge in [0.05, 0.1) is 0 Å². The Balaban J connectivity index is 1.78. The van der Waals surface area contributed by atoms with Gasteiger partial charge in [-0.05, 0) is 37.3 Å². The van der Waals surface area contributed by atoms with E-state index in [1.807, 2.05) is 36.1 Å². The molecule has 1 fully saturated rings. The minimum atomic E-state index is -0.0330. The molecule has 5 heteroatoms. The monoisotopic (exact) mass is 331 g/mol. The van der Waals surface area contributed by atoms with E-state index in [0.717, 1.165) is 18.4 Å². The average Bonchev–Trinajstić information content (AvgIpc) is 2.52. The van der Waals surface area contributed by atoms with Gasteiger partial charge in [-0.1, -0.05) is 38.5 Å². The summed E-state index contributed by atoms with van der Waals surface area (Å²) in [4.78, 5) is 26.3. The highest BCUT2D eigenvalue weighted by molar-refractivity contribution is 5.94. The molecule has 5 nitrogen and oxygen atoms in total. The van der Waals surface area contributed by atoms with Crippen molar-refractivity contribution in [3.8, 4) is 0 Å². The van der Waals surface area contributed by atoms with Crippen LogP contribution in [0.4, 0.5) is 4.79 Å². The van der Waals surface area contributed by atoms with Gasteiger partial charge in [0, 0.05) is 31.2 Å². The van der Waals surface area contributed by atoms with Gasteiger partial charge >= 0.3 is 6.03 Å². The van der Waals surface area contributed by atoms with Crippen LogP contribution >= 0.6 is 0 Å². The van der Waals surface area contributed by atoms with Crippen molar-refractivity contribution in [1.82, 2.24) is 15.5 Å². The predicted molar refractivity (Wildman–Crippen MR) is 96.1 cm³/mol. The number of aryl methyl sites for hydroxylation is 1. The lowest BCUT2D eigenvalue weighted by atomic mass is 9.97. The summed E-state index contributed by atoms with van der Waals surface area (Å²) in [5.74, 6) is -0.0330. The summed E-state index contributed by atoms with van der Waals surface area (Å²) in [5, 5.41) is 6.06.